The fourth-order valence-electron chi connectivity index (χ4n) is 4.58. The van der Waals surface area contributed by atoms with Gasteiger partial charge in [-0.05, 0) is 37.1 Å². The Kier molecular flexibility index (Phi) is 7.11. The van der Waals surface area contributed by atoms with E-state index in [1.807, 2.05) is 4.90 Å². The van der Waals surface area contributed by atoms with Crippen molar-refractivity contribution in [2.45, 2.75) is 58.8 Å². The minimum Gasteiger partial charge on any atom is -0.295 e. The van der Waals surface area contributed by atoms with E-state index in [4.69, 9.17) is 9.97 Å². The number of nitrogens with one attached hydrogen (secondary N) is 1. The van der Waals surface area contributed by atoms with E-state index in [0.29, 0.717) is 25.2 Å². The summed E-state index contributed by atoms with van der Waals surface area (Å²) >= 11 is 0. The zero-order valence-corrected chi connectivity index (χ0v) is 20.9. The Labute approximate surface area is 211 Å². The molecule has 0 bridgehead atoms. The van der Waals surface area contributed by atoms with E-state index < -0.39 is 0 Å². The Morgan fingerprint density at radius 1 is 0.806 bits per heavy atom. The first-order valence-electron chi connectivity index (χ1n) is 12.7. The van der Waals surface area contributed by atoms with Gasteiger partial charge in [0.1, 0.15) is 5.82 Å². The molecule has 1 aliphatic rings. The molecule has 3 heterocycles. The van der Waals surface area contributed by atoms with E-state index in [1.54, 1.807) is 0 Å². The number of nitrogens with zero attached hydrogens (tertiary/aromatic N) is 6. The third-order valence-corrected chi connectivity index (χ3v) is 6.66. The van der Waals surface area contributed by atoms with E-state index in [2.05, 4.69) is 83.0 Å². The summed E-state index contributed by atoms with van der Waals surface area (Å²) in [4.78, 5) is 25.0. The van der Waals surface area contributed by atoms with Crippen molar-refractivity contribution in [2.24, 2.45) is 0 Å². The predicted octanol–water partition coefficient (Wildman–Crippen LogP) is 5.02. The van der Waals surface area contributed by atoms with Gasteiger partial charge in [-0.3, -0.25) is 9.69 Å². The molecule has 0 saturated carbocycles. The van der Waals surface area contributed by atoms with Crippen molar-refractivity contribution < 1.29 is 4.79 Å². The summed E-state index contributed by atoms with van der Waals surface area (Å²) in [6, 6.07) is 16.8. The van der Waals surface area contributed by atoms with E-state index in [0.717, 1.165) is 66.1 Å². The number of hydrogen-bond acceptors (Lipinski definition) is 6. The molecule has 0 spiro atoms. The maximum atomic E-state index is 12.9. The second-order valence-corrected chi connectivity index (χ2v) is 9.48. The van der Waals surface area contributed by atoms with Crippen molar-refractivity contribution in [2.75, 3.05) is 11.4 Å². The number of H-pyrrole nitrogens is 1. The molecule has 1 aliphatic heterocycles. The second-order valence-electron chi connectivity index (χ2n) is 9.48. The maximum Gasteiger partial charge on any atom is 0.228 e. The van der Waals surface area contributed by atoms with Gasteiger partial charge in [-0.2, -0.15) is 0 Å². The van der Waals surface area contributed by atoms with Crippen molar-refractivity contribution in [1.29, 1.82) is 0 Å². The van der Waals surface area contributed by atoms with E-state index in [-0.39, 0.29) is 5.91 Å². The first-order chi connectivity index (χ1) is 17.6. The molecule has 2 aromatic heterocycles. The molecule has 4 aromatic rings. The third-order valence-electron chi connectivity index (χ3n) is 6.66. The van der Waals surface area contributed by atoms with Gasteiger partial charge in [-0.1, -0.05) is 72.5 Å². The number of aryl methyl sites for hydroxylation is 4. The molecule has 1 amide bonds. The van der Waals surface area contributed by atoms with Gasteiger partial charge in [-0.25, -0.2) is 15.1 Å². The lowest BCUT2D eigenvalue weighted by Crippen LogP contribution is -2.37. The molecule has 0 fully saturated rings. The van der Waals surface area contributed by atoms with Gasteiger partial charge in [0.05, 0.1) is 17.1 Å². The number of aromatic amines is 1. The number of rotatable bonds is 9. The monoisotopic (exact) mass is 481 g/mol. The number of carbonyl (C=O) groups excluding carboxylic acids is 1. The molecule has 36 heavy (non-hydrogen) atoms. The van der Waals surface area contributed by atoms with Crippen molar-refractivity contribution in [3.63, 3.8) is 0 Å². The van der Waals surface area contributed by atoms with Crippen molar-refractivity contribution in [1.82, 2.24) is 30.6 Å². The van der Waals surface area contributed by atoms with Crippen molar-refractivity contribution in [3.05, 3.63) is 71.2 Å². The molecule has 5 rings (SSSR count). The quantitative estimate of drug-likeness (QED) is 0.337. The number of fused-ring (bicyclic) bond motifs is 1. The molecule has 0 saturated heterocycles. The van der Waals surface area contributed by atoms with E-state index in [9.17, 15) is 4.79 Å². The topological polar surface area (TPSA) is 101 Å². The summed E-state index contributed by atoms with van der Waals surface area (Å²) in [6.07, 6.45) is 5.95. The highest BCUT2D eigenvalue weighted by atomic mass is 16.2. The fraction of sp³-hybridized carbons (Fsp3) is 0.357. The Balaban J connectivity index is 1.39. The average Bonchev–Trinajstić information content (AvgIpc) is 3.41. The van der Waals surface area contributed by atoms with Crippen LogP contribution in [0.5, 0.6) is 0 Å². The van der Waals surface area contributed by atoms with Gasteiger partial charge in [0.2, 0.25) is 5.91 Å². The summed E-state index contributed by atoms with van der Waals surface area (Å²) in [5.74, 6) is 1.66. The molecule has 0 aliphatic carbocycles. The molecule has 2 aromatic carbocycles. The minimum absolute atomic E-state index is 0.127. The zero-order chi connectivity index (χ0) is 24.9. The Morgan fingerprint density at radius 2 is 1.44 bits per heavy atom. The molecule has 8 heteroatoms. The molecule has 1 N–H and O–H groups in total. The molecular formula is C28H31N7O. The SMILES string of the molecule is Cc1ccc(-c2nc3c(nc2-c2ccc(C)cc2)N(CCCCCCc2nnn[nH]2)C(=O)CC3)cc1. The highest BCUT2D eigenvalue weighted by Crippen LogP contribution is 2.35. The molecule has 0 atom stereocenters. The van der Waals surface area contributed by atoms with Crippen LogP contribution in [-0.2, 0) is 17.6 Å². The number of aromatic nitrogens is 6. The molecular weight excluding hydrogens is 450 g/mol. The number of benzene rings is 2. The number of anilines is 1. The summed E-state index contributed by atoms with van der Waals surface area (Å²) < 4.78 is 0. The van der Waals surface area contributed by atoms with Crippen LogP contribution in [0.2, 0.25) is 0 Å². The fourth-order valence-corrected chi connectivity index (χ4v) is 4.58. The van der Waals surface area contributed by atoms with Crippen LogP contribution in [-0.4, -0.2) is 43.0 Å². The lowest BCUT2D eigenvalue weighted by atomic mass is 10.0. The van der Waals surface area contributed by atoms with Gasteiger partial charge >= 0.3 is 0 Å². The molecule has 8 nitrogen and oxygen atoms in total. The van der Waals surface area contributed by atoms with Crippen LogP contribution < -0.4 is 4.90 Å². The van der Waals surface area contributed by atoms with Crippen LogP contribution in [0, 0.1) is 13.8 Å². The van der Waals surface area contributed by atoms with Crippen molar-refractivity contribution >= 4 is 11.7 Å². The van der Waals surface area contributed by atoms with E-state index >= 15 is 0 Å². The third kappa shape index (κ3) is 5.32. The highest BCUT2D eigenvalue weighted by Gasteiger charge is 2.28. The van der Waals surface area contributed by atoms with Gasteiger partial charge in [0.15, 0.2) is 5.82 Å². The van der Waals surface area contributed by atoms with Crippen LogP contribution in [0.25, 0.3) is 22.5 Å². The highest BCUT2D eigenvalue weighted by molar-refractivity contribution is 5.96. The molecule has 184 valence electrons. The largest absolute Gasteiger partial charge is 0.295 e. The van der Waals surface area contributed by atoms with Crippen LogP contribution in [0.1, 0.15) is 54.7 Å². The van der Waals surface area contributed by atoms with Crippen LogP contribution in [0.15, 0.2) is 48.5 Å². The Morgan fingerprint density at radius 3 is 2.08 bits per heavy atom. The Bertz CT molecular complexity index is 1320. The number of amides is 1. The van der Waals surface area contributed by atoms with Crippen LogP contribution in [0.4, 0.5) is 5.82 Å². The van der Waals surface area contributed by atoms with Gasteiger partial charge < -0.3 is 0 Å². The van der Waals surface area contributed by atoms with E-state index in [1.165, 1.54) is 11.1 Å². The summed E-state index contributed by atoms with van der Waals surface area (Å²) in [7, 11) is 0. The average molecular weight is 482 g/mol. The second kappa shape index (κ2) is 10.8. The Hall–Kier alpha value is -3.94. The van der Waals surface area contributed by atoms with Crippen molar-refractivity contribution in [3.8, 4) is 22.5 Å². The summed E-state index contributed by atoms with van der Waals surface area (Å²) in [5, 5.41) is 14.0. The smallest absolute Gasteiger partial charge is 0.228 e. The predicted molar refractivity (Wildman–Crippen MR) is 139 cm³/mol. The summed E-state index contributed by atoms with van der Waals surface area (Å²) in [5.41, 5.74) is 7.03. The molecule has 0 unspecified atom stereocenters. The zero-order valence-electron chi connectivity index (χ0n) is 20.9. The maximum absolute atomic E-state index is 12.9. The van der Waals surface area contributed by atoms with Gasteiger partial charge in [-0.15, -0.1) is 5.10 Å². The van der Waals surface area contributed by atoms with Gasteiger partial charge in [0.25, 0.3) is 0 Å². The first kappa shape index (κ1) is 23.8. The number of hydrogen-bond donors (Lipinski definition) is 1. The normalized spacial score (nSPS) is 13.2. The van der Waals surface area contributed by atoms with Gasteiger partial charge in [0, 0.05) is 36.9 Å². The van der Waals surface area contributed by atoms with Crippen LogP contribution in [0.3, 0.4) is 0 Å². The first-order valence-corrected chi connectivity index (χ1v) is 12.7. The lowest BCUT2D eigenvalue weighted by molar-refractivity contribution is -0.119. The standard InChI is InChI=1S/C28H31N7O/c1-19-8-12-21(13-9-19)26-27(22-14-10-20(2)11-15-22)30-28-23(29-26)16-17-25(36)35(28)18-6-4-3-5-7-24-31-33-34-32-24/h8-15H,3-7,16-18H2,1-2H3,(H,31,32,33,34). The minimum atomic E-state index is 0.127. The van der Waals surface area contributed by atoms with Crippen LogP contribution >= 0.6 is 0 Å². The number of unbranched alkanes of at least 4 members (excludes halogenated alkanes) is 3. The number of carbonyl (C=O) groups is 1. The molecule has 0 radical (unpaired) electrons. The number of tetrazole rings is 1. The lowest BCUT2D eigenvalue weighted by Gasteiger charge is -2.29. The summed E-state index contributed by atoms with van der Waals surface area (Å²) in [6.45, 7) is 4.81.